The maximum absolute atomic E-state index is 5.78. The summed E-state index contributed by atoms with van der Waals surface area (Å²) in [7, 11) is 1.93. The second-order valence-corrected chi connectivity index (χ2v) is 4.28. The second kappa shape index (κ2) is 5.19. The molecule has 0 amide bonds. The van der Waals surface area contributed by atoms with Gasteiger partial charge in [0, 0.05) is 31.5 Å². The molecule has 1 N–H and O–H groups in total. The number of anilines is 1. The van der Waals surface area contributed by atoms with E-state index in [1.54, 1.807) is 6.20 Å². The zero-order valence-electron chi connectivity index (χ0n) is 9.94. The fourth-order valence-corrected chi connectivity index (χ4v) is 1.81. The number of hydrogen-bond acceptors (Lipinski definition) is 3. The first-order valence-corrected chi connectivity index (χ1v) is 5.93. The van der Waals surface area contributed by atoms with Crippen LogP contribution in [0.25, 0.3) is 0 Å². The lowest BCUT2D eigenvalue weighted by atomic mass is 10.2. The number of halogens is 1. The van der Waals surface area contributed by atoms with E-state index in [0.717, 1.165) is 24.5 Å². The van der Waals surface area contributed by atoms with Crippen LogP contribution >= 0.6 is 11.6 Å². The van der Waals surface area contributed by atoms with Gasteiger partial charge in [0.2, 0.25) is 0 Å². The molecule has 0 saturated heterocycles. The monoisotopic (exact) mass is 250 g/mol. The van der Waals surface area contributed by atoms with E-state index in [1.165, 1.54) is 5.56 Å². The standard InChI is InChI=1S/C12H15ClN4/c1-3-11-9(8-17(2)16-11)6-14-12-5-4-10(13)7-15-12/h4-5,7-8H,3,6H2,1-2H3,(H,14,15). The van der Waals surface area contributed by atoms with Gasteiger partial charge in [-0.15, -0.1) is 0 Å². The minimum atomic E-state index is 0.645. The molecular weight excluding hydrogens is 236 g/mol. The van der Waals surface area contributed by atoms with Crippen molar-refractivity contribution in [1.29, 1.82) is 0 Å². The van der Waals surface area contributed by atoms with Gasteiger partial charge in [0.1, 0.15) is 5.82 Å². The summed E-state index contributed by atoms with van der Waals surface area (Å²) in [6, 6.07) is 3.69. The van der Waals surface area contributed by atoms with Crippen LogP contribution in [0, 0.1) is 0 Å². The molecule has 90 valence electrons. The summed E-state index contributed by atoms with van der Waals surface area (Å²) in [6.45, 7) is 2.83. The normalized spacial score (nSPS) is 10.5. The summed E-state index contributed by atoms with van der Waals surface area (Å²) in [4.78, 5) is 4.19. The van der Waals surface area contributed by atoms with E-state index in [9.17, 15) is 0 Å². The number of nitrogens with zero attached hydrogens (tertiary/aromatic N) is 3. The van der Waals surface area contributed by atoms with Crippen molar-refractivity contribution < 1.29 is 0 Å². The van der Waals surface area contributed by atoms with E-state index < -0.39 is 0 Å². The highest BCUT2D eigenvalue weighted by Gasteiger charge is 2.05. The molecule has 0 atom stereocenters. The summed E-state index contributed by atoms with van der Waals surface area (Å²) >= 11 is 5.78. The van der Waals surface area contributed by atoms with Crippen molar-refractivity contribution in [1.82, 2.24) is 14.8 Å². The van der Waals surface area contributed by atoms with Crippen molar-refractivity contribution in [2.75, 3.05) is 5.32 Å². The van der Waals surface area contributed by atoms with Gasteiger partial charge >= 0.3 is 0 Å². The lowest BCUT2D eigenvalue weighted by Crippen LogP contribution is -2.02. The van der Waals surface area contributed by atoms with E-state index >= 15 is 0 Å². The Bertz CT molecular complexity index is 490. The predicted octanol–water partition coefficient (Wildman–Crippen LogP) is 2.64. The molecule has 2 aromatic heterocycles. The molecule has 0 fully saturated rings. The average molecular weight is 251 g/mol. The maximum Gasteiger partial charge on any atom is 0.126 e. The molecule has 2 rings (SSSR count). The molecular formula is C12H15ClN4. The van der Waals surface area contributed by atoms with Crippen LogP contribution < -0.4 is 5.32 Å². The fraction of sp³-hybridized carbons (Fsp3) is 0.333. The van der Waals surface area contributed by atoms with Crippen molar-refractivity contribution in [3.63, 3.8) is 0 Å². The molecule has 0 saturated carbocycles. The smallest absolute Gasteiger partial charge is 0.126 e. The van der Waals surface area contributed by atoms with E-state index in [2.05, 4.69) is 22.3 Å². The van der Waals surface area contributed by atoms with Crippen molar-refractivity contribution in [3.8, 4) is 0 Å². The van der Waals surface area contributed by atoms with Crippen LogP contribution in [-0.2, 0) is 20.0 Å². The summed E-state index contributed by atoms with van der Waals surface area (Å²) in [5, 5.41) is 8.29. The molecule has 5 heteroatoms. The molecule has 2 aromatic rings. The van der Waals surface area contributed by atoms with E-state index in [-0.39, 0.29) is 0 Å². The quantitative estimate of drug-likeness (QED) is 0.907. The Kier molecular flexibility index (Phi) is 3.64. The zero-order chi connectivity index (χ0) is 12.3. The Hall–Kier alpha value is -1.55. The first-order chi connectivity index (χ1) is 8.19. The third kappa shape index (κ3) is 2.97. The van der Waals surface area contributed by atoms with Gasteiger partial charge in [0.25, 0.3) is 0 Å². The minimum absolute atomic E-state index is 0.645. The van der Waals surface area contributed by atoms with Crippen molar-refractivity contribution >= 4 is 17.4 Å². The van der Waals surface area contributed by atoms with Gasteiger partial charge < -0.3 is 5.32 Å². The Morgan fingerprint density at radius 1 is 1.41 bits per heavy atom. The van der Waals surface area contributed by atoms with Crippen molar-refractivity contribution in [3.05, 3.63) is 40.8 Å². The van der Waals surface area contributed by atoms with Crippen LogP contribution in [0.15, 0.2) is 24.5 Å². The van der Waals surface area contributed by atoms with Crippen LogP contribution in [0.4, 0.5) is 5.82 Å². The third-order valence-corrected chi connectivity index (χ3v) is 2.74. The van der Waals surface area contributed by atoms with Crippen LogP contribution in [-0.4, -0.2) is 14.8 Å². The molecule has 0 radical (unpaired) electrons. The fourth-order valence-electron chi connectivity index (χ4n) is 1.70. The van der Waals surface area contributed by atoms with Crippen LogP contribution in [0.3, 0.4) is 0 Å². The van der Waals surface area contributed by atoms with Gasteiger partial charge in [-0.25, -0.2) is 4.98 Å². The highest BCUT2D eigenvalue weighted by atomic mass is 35.5. The van der Waals surface area contributed by atoms with Gasteiger partial charge in [-0.05, 0) is 18.6 Å². The molecule has 0 unspecified atom stereocenters. The summed E-state index contributed by atoms with van der Waals surface area (Å²) in [5.41, 5.74) is 2.32. The lowest BCUT2D eigenvalue weighted by Gasteiger charge is -2.04. The minimum Gasteiger partial charge on any atom is -0.366 e. The Labute approximate surface area is 106 Å². The second-order valence-electron chi connectivity index (χ2n) is 3.84. The third-order valence-electron chi connectivity index (χ3n) is 2.51. The highest BCUT2D eigenvalue weighted by Crippen LogP contribution is 2.12. The summed E-state index contributed by atoms with van der Waals surface area (Å²) in [6.07, 6.45) is 4.60. The molecule has 0 spiro atoms. The number of rotatable bonds is 4. The number of nitrogens with one attached hydrogen (secondary N) is 1. The van der Waals surface area contributed by atoms with Gasteiger partial charge in [-0.2, -0.15) is 5.10 Å². The number of aromatic nitrogens is 3. The number of aryl methyl sites for hydroxylation is 2. The van der Waals surface area contributed by atoms with Gasteiger partial charge in [-0.1, -0.05) is 18.5 Å². The zero-order valence-corrected chi connectivity index (χ0v) is 10.7. The van der Waals surface area contributed by atoms with E-state index in [0.29, 0.717) is 5.02 Å². The highest BCUT2D eigenvalue weighted by molar-refractivity contribution is 6.30. The molecule has 0 bridgehead atoms. The van der Waals surface area contributed by atoms with Crippen LogP contribution in [0.5, 0.6) is 0 Å². The van der Waals surface area contributed by atoms with Gasteiger partial charge in [-0.3, -0.25) is 4.68 Å². The van der Waals surface area contributed by atoms with E-state index in [4.69, 9.17) is 11.6 Å². The van der Waals surface area contributed by atoms with Crippen LogP contribution in [0.2, 0.25) is 5.02 Å². The molecule has 17 heavy (non-hydrogen) atoms. The molecule has 0 aliphatic rings. The molecule has 4 nitrogen and oxygen atoms in total. The van der Waals surface area contributed by atoms with Gasteiger partial charge in [0.15, 0.2) is 0 Å². The number of hydrogen-bond donors (Lipinski definition) is 1. The Balaban J connectivity index is 2.04. The first-order valence-electron chi connectivity index (χ1n) is 5.56. The molecule has 2 heterocycles. The van der Waals surface area contributed by atoms with E-state index in [1.807, 2.05) is 30.1 Å². The molecule has 0 aliphatic carbocycles. The van der Waals surface area contributed by atoms with Crippen molar-refractivity contribution in [2.45, 2.75) is 19.9 Å². The summed E-state index contributed by atoms with van der Waals surface area (Å²) < 4.78 is 1.84. The van der Waals surface area contributed by atoms with Gasteiger partial charge in [0.05, 0.1) is 10.7 Å². The molecule has 0 aliphatic heterocycles. The summed E-state index contributed by atoms with van der Waals surface area (Å²) in [5.74, 6) is 0.820. The predicted molar refractivity (Wildman–Crippen MR) is 69.2 cm³/mol. The topological polar surface area (TPSA) is 42.7 Å². The average Bonchev–Trinajstić information content (AvgIpc) is 2.69. The first kappa shape index (κ1) is 11.9. The van der Waals surface area contributed by atoms with Crippen molar-refractivity contribution in [2.24, 2.45) is 7.05 Å². The Morgan fingerprint density at radius 3 is 2.88 bits per heavy atom. The lowest BCUT2D eigenvalue weighted by molar-refractivity contribution is 0.746. The largest absolute Gasteiger partial charge is 0.366 e. The number of pyridine rings is 1. The SMILES string of the molecule is CCc1nn(C)cc1CNc1ccc(Cl)cn1. The Morgan fingerprint density at radius 2 is 2.24 bits per heavy atom. The van der Waals surface area contributed by atoms with Crippen LogP contribution in [0.1, 0.15) is 18.2 Å². The molecule has 0 aromatic carbocycles. The maximum atomic E-state index is 5.78.